The monoisotopic (exact) mass is 169 g/mol. The molecule has 0 fully saturated rings. The number of hydrogen-bond donors (Lipinski definition) is 1. The standard InChI is InChI=1S/C8H15N3O/c1-4-11-8(12-5-2)7(9)6(3)10-11/h4-5,9H2,1-3H3. The van der Waals surface area contributed by atoms with Gasteiger partial charge in [0.15, 0.2) is 0 Å². The topological polar surface area (TPSA) is 53.1 Å². The number of aromatic nitrogens is 2. The maximum absolute atomic E-state index is 5.76. The highest BCUT2D eigenvalue weighted by Gasteiger charge is 2.11. The normalized spacial score (nSPS) is 10.2. The van der Waals surface area contributed by atoms with E-state index in [1.807, 2.05) is 20.8 Å². The van der Waals surface area contributed by atoms with Gasteiger partial charge in [-0.15, -0.1) is 0 Å². The first kappa shape index (κ1) is 8.90. The Morgan fingerprint density at radius 3 is 2.67 bits per heavy atom. The van der Waals surface area contributed by atoms with Crippen LogP contribution in [-0.4, -0.2) is 16.4 Å². The van der Waals surface area contributed by atoms with Gasteiger partial charge in [0.05, 0.1) is 12.3 Å². The Balaban J connectivity index is 3.03. The van der Waals surface area contributed by atoms with Gasteiger partial charge < -0.3 is 10.5 Å². The molecule has 0 radical (unpaired) electrons. The van der Waals surface area contributed by atoms with Crippen molar-refractivity contribution in [3.63, 3.8) is 0 Å². The molecule has 0 aliphatic rings. The maximum Gasteiger partial charge on any atom is 0.235 e. The molecule has 1 aromatic rings. The van der Waals surface area contributed by atoms with Crippen LogP contribution in [0.25, 0.3) is 0 Å². The third-order valence-electron chi connectivity index (χ3n) is 1.71. The second-order valence-corrected chi connectivity index (χ2v) is 2.55. The molecule has 1 aromatic heterocycles. The van der Waals surface area contributed by atoms with Gasteiger partial charge in [0, 0.05) is 6.54 Å². The van der Waals surface area contributed by atoms with E-state index in [1.165, 1.54) is 0 Å². The van der Waals surface area contributed by atoms with Crippen LogP contribution in [0.1, 0.15) is 19.5 Å². The smallest absolute Gasteiger partial charge is 0.235 e. The van der Waals surface area contributed by atoms with Crippen molar-refractivity contribution in [3.8, 4) is 5.88 Å². The van der Waals surface area contributed by atoms with Crippen LogP contribution in [0.4, 0.5) is 5.69 Å². The molecule has 0 aliphatic heterocycles. The van der Waals surface area contributed by atoms with Crippen LogP contribution in [-0.2, 0) is 6.54 Å². The SMILES string of the molecule is CCOc1c(N)c(C)nn1CC. The highest BCUT2D eigenvalue weighted by molar-refractivity contribution is 5.52. The Labute approximate surface area is 72.3 Å². The highest BCUT2D eigenvalue weighted by Crippen LogP contribution is 2.24. The van der Waals surface area contributed by atoms with Gasteiger partial charge in [-0.25, -0.2) is 4.68 Å². The Morgan fingerprint density at radius 2 is 2.17 bits per heavy atom. The van der Waals surface area contributed by atoms with Crippen molar-refractivity contribution in [2.75, 3.05) is 12.3 Å². The first-order valence-electron chi connectivity index (χ1n) is 4.16. The molecule has 0 atom stereocenters. The van der Waals surface area contributed by atoms with Gasteiger partial charge >= 0.3 is 0 Å². The molecule has 1 heterocycles. The quantitative estimate of drug-likeness (QED) is 0.739. The number of hydrogen-bond acceptors (Lipinski definition) is 3. The van der Waals surface area contributed by atoms with Crippen LogP contribution in [0.5, 0.6) is 5.88 Å². The second-order valence-electron chi connectivity index (χ2n) is 2.55. The average Bonchev–Trinajstić information content (AvgIpc) is 2.33. The molecule has 0 bridgehead atoms. The molecule has 0 saturated carbocycles. The minimum absolute atomic E-state index is 0.620. The highest BCUT2D eigenvalue weighted by atomic mass is 16.5. The largest absolute Gasteiger partial charge is 0.477 e. The minimum atomic E-state index is 0.620. The lowest BCUT2D eigenvalue weighted by atomic mass is 10.4. The number of nitrogen functional groups attached to an aromatic ring is 1. The summed E-state index contributed by atoms with van der Waals surface area (Å²) in [7, 11) is 0. The van der Waals surface area contributed by atoms with E-state index in [-0.39, 0.29) is 0 Å². The molecule has 68 valence electrons. The summed E-state index contributed by atoms with van der Waals surface area (Å²) in [5, 5.41) is 4.21. The first-order chi connectivity index (χ1) is 5.70. The van der Waals surface area contributed by atoms with Crippen molar-refractivity contribution in [3.05, 3.63) is 5.69 Å². The summed E-state index contributed by atoms with van der Waals surface area (Å²) in [5.41, 5.74) is 7.24. The van der Waals surface area contributed by atoms with E-state index >= 15 is 0 Å². The van der Waals surface area contributed by atoms with E-state index in [2.05, 4.69) is 5.10 Å². The lowest BCUT2D eigenvalue weighted by Crippen LogP contribution is -2.03. The molecule has 0 amide bonds. The molecule has 0 unspecified atom stereocenters. The van der Waals surface area contributed by atoms with Crippen molar-refractivity contribution < 1.29 is 4.74 Å². The fourth-order valence-electron chi connectivity index (χ4n) is 1.08. The van der Waals surface area contributed by atoms with E-state index in [0.717, 1.165) is 12.2 Å². The maximum atomic E-state index is 5.76. The lowest BCUT2D eigenvalue weighted by molar-refractivity contribution is 0.305. The minimum Gasteiger partial charge on any atom is -0.477 e. The van der Waals surface area contributed by atoms with E-state index in [9.17, 15) is 0 Å². The van der Waals surface area contributed by atoms with E-state index in [4.69, 9.17) is 10.5 Å². The number of nitrogens with zero attached hydrogens (tertiary/aromatic N) is 2. The van der Waals surface area contributed by atoms with Crippen molar-refractivity contribution in [1.82, 2.24) is 9.78 Å². The lowest BCUT2D eigenvalue weighted by Gasteiger charge is -2.05. The fourth-order valence-corrected chi connectivity index (χ4v) is 1.08. The summed E-state index contributed by atoms with van der Waals surface area (Å²) < 4.78 is 7.13. The van der Waals surface area contributed by atoms with Crippen LogP contribution < -0.4 is 10.5 Å². The summed E-state index contributed by atoms with van der Waals surface area (Å²) in [6.07, 6.45) is 0. The first-order valence-corrected chi connectivity index (χ1v) is 4.16. The van der Waals surface area contributed by atoms with E-state index in [0.29, 0.717) is 18.2 Å². The zero-order valence-electron chi connectivity index (χ0n) is 7.79. The molecule has 2 N–H and O–H groups in total. The predicted molar refractivity (Wildman–Crippen MR) is 48.2 cm³/mol. The summed E-state index contributed by atoms with van der Waals surface area (Å²) in [6.45, 7) is 7.23. The third kappa shape index (κ3) is 1.37. The molecular weight excluding hydrogens is 154 g/mol. The van der Waals surface area contributed by atoms with E-state index < -0.39 is 0 Å². The van der Waals surface area contributed by atoms with Crippen LogP contribution >= 0.6 is 0 Å². The van der Waals surface area contributed by atoms with E-state index in [1.54, 1.807) is 4.68 Å². The number of nitrogens with two attached hydrogens (primary N) is 1. The number of anilines is 1. The van der Waals surface area contributed by atoms with Crippen LogP contribution in [0, 0.1) is 6.92 Å². The van der Waals surface area contributed by atoms with Gasteiger partial charge in [-0.3, -0.25) is 0 Å². The molecule has 0 aromatic carbocycles. The summed E-state index contributed by atoms with van der Waals surface area (Å²) >= 11 is 0. The van der Waals surface area contributed by atoms with Crippen molar-refractivity contribution in [1.29, 1.82) is 0 Å². The number of ether oxygens (including phenoxy) is 1. The van der Waals surface area contributed by atoms with Crippen LogP contribution in [0.3, 0.4) is 0 Å². The Kier molecular flexibility index (Phi) is 2.58. The van der Waals surface area contributed by atoms with Gasteiger partial charge in [0.2, 0.25) is 5.88 Å². The Bertz CT molecular complexity index is 268. The van der Waals surface area contributed by atoms with Gasteiger partial charge in [-0.05, 0) is 20.8 Å². The van der Waals surface area contributed by atoms with Gasteiger partial charge in [0.25, 0.3) is 0 Å². The summed E-state index contributed by atoms with van der Waals surface area (Å²) in [6, 6.07) is 0. The van der Waals surface area contributed by atoms with Crippen molar-refractivity contribution >= 4 is 5.69 Å². The zero-order valence-corrected chi connectivity index (χ0v) is 7.79. The molecule has 4 heteroatoms. The van der Waals surface area contributed by atoms with Crippen LogP contribution in [0.2, 0.25) is 0 Å². The molecule has 0 aliphatic carbocycles. The average molecular weight is 169 g/mol. The third-order valence-corrected chi connectivity index (χ3v) is 1.71. The number of rotatable bonds is 3. The second kappa shape index (κ2) is 3.47. The van der Waals surface area contributed by atoms with Gasteiger partial charge in [-0.1, -0.05) is 0 Å². The Hall–Kier alpha value is -1.19. The molecule has 0 saturated heterocycles. The molecule has 1 rings (SSSR count). The molecule has 12 heavy (non-hydrogen) atoms. The molecule has 0 spiro atoms. The fraction of sp³-hybridized carbons (Fsp3) is 0.625. The van der Waals surface area contributed by atoms with Crippen LogP contribution in [0.15, 0.2) is 0 Å². The van der Waals surface area contributed by atoms with Crippen molar-refractivity contribution in [2.45, 2.75) is 27.3 Å². The van der Waals surface area contributed by atoms with Crippen molar-refractivity contribution in [2.24, 2.45) is 0 Å². The number of aryl methyl sites for hydroxylation is 2. The molecular formula is C8H15N3O. The summed E-state index contributed by atoms with van der Waals surface area (Å²) in [5.74, 6) is 0.692. The zero-order chi connectivity index (χ0) is 9.14. The van der Waals surface area contributed by atoms with Gasteiger partial charge in [-0.2, -0.15) is 5.10 Å². The predicted octanol–water partition coefficient (Wildman–Crippen LogP) is 1.19. The Morgan fingerprint density at radius 1 is 1.50 bits per heavy atom. The summed E-state index contributed by atoms with van der Waals surface area (Å²) in [4.78, 5) is 0. The van der Waals surface area contributed by atoms with Gasteiger partial charge in [0.1, 0.15) is 5.69 Å². The molecule has 4 nitrogen and oxygen atoms in total.